The Kier molecular flexibility index (Phi) is 5.59. The van der Waals surface area contributed by atoms with E-state index >= 15 is 0 Å². The van der Waals surface area contributed by atoms with Crippen LogP contribution >= 0.6 is 0 Å². The lowest BCUT2D eigenvalue weighted by Crippen LogP contribution is -2.28. The van der Waals surface area contributed by atoms with Crippen molar-refractivity contribution in [3.8, 4) is 0 Å². The number of amides is 1. The molecule has 0 saturated carbocycles. The molecule has 0 heterocycles. The molecule has 0 radical (unpaired) electrons. The second-order valence-corrected chi connectivity index (χ2v) is 6.43. The molecule has 0 aromatic heterocycles. The summed E-state index contributed by atoms with van der Waals surface area (Å²) in [5.74, 6) is 0.0689. The Bertz CT molecular complexity index is 686. The van der Waals surface area contributed by atoms with E-state index in [0.717, 1.165) is 12.0 Å². The molecule has 0 aliphatic carbocycles. The maximum absolute atomic E-state index is 12.3. The van der Waals surface area contributed by atoms with E-state index in [0.29, 0.717) is 6.42 Å². The van der Waals surface area contributed by atoms with E-state index in [4.69, 9.17) is 0 Å². The molecule has 0 fully saturated rings. The minimum absolute atomic E-state index is 0.0247. The van der Waals surface area contributed by atoms with Crippen molar-refractivity contribution in [2.24, 2.45) is 0 Å². The summed E-state index contributed by atoms with van der Waals surface area (Å²) in [6.07, 6.45) is 1.45. The van der Waals surface area contributed by atoms with Crippen LogP contribution in [0, 0.1) is 20.8 Å². The number of nitrogens with one attached hydrogen (secondary N) is 1. The monoisotopic (exact) mass is 309 g/mol. The largest absolute Gasteiger partial charge is 0.349 e. The van der Waals surface area contributed by atoms with Gasteiger partial charge in [0.1, 0.15) is 0 Å². The Hall–Kier alpha value is -2.09. The van der Waals surface area contributed by atoms with Gasteiger partial charge in [-0.1, -0.05) is 43.3 Å². The van der Waals surface area contributed by atoms with Crippen LogP contribution < -0.4 is 5.32 Å². The van der Waals surface area contributed by atoms with Crippen molar-refractivity contribution >= 4 is 5.91 Å². The third kappa shape index (κ3) is 4.44. The first kappa shape index (κ1) is 17.3. The average molecular weight is 309 g/mol. The quantitative estimate of drug-likeness (QED) is 0.859. The molecular formula is C21H27NO. The van der Waals surface area contributed by atoms with Gasteiger partial charge in [-0.05, 0) is 67.5 Å². The lowest BCUT2D eigenvalue weighted by atomic mass is 9.96. The van der Waals surface area contributed by atoms with Crippen LogP contribution in [0.2, 0.25) is 0 Å². The molecule has 0 aliphatic rings. The molecule has 1 atom stereocenters. The van der Waals surface area contributed by atoms with Crippen LogP contribution in [0.3, 0.4) is 0 Å². The molecule has 2 aromatic rings. The third-order valence-electron chi connectivity index (χ3n) is 4.52. The second kappa shape index (κ2) is 7.45. The first-order chi connectivity index (χ1) is 10.9. The highest BCUT2D eigenvalue weighted by atomic mass is 16.1. The minimum Gasteiger partial charge on any atom is -0.349 e. The highest BCUT2D eigenvalue weighted by Gasteiger charge is 2.13. The number of hydrogen-bond acceptors (Lipinski definition) is 1. The maximum Gasteiger partial charge on any atom is 0.224 e. The van der Waals surface area contributed by atoms with E-state index < -0.39 is 0 Å². The second-order valence-electron chi connectivity index (χ2n) is 6.43. The summed E-state index contributed by atoms with van der Waals surface area (Å²) in [6.45, 7) is 10.5. The van der Waals surface area contributed by atoms with Gasteiger partial charge in [0.15, 0.2) is 0 Å². The average Bonchev–Trinajstić information content (AvgIpc) is 2.51. The van der Waals surface area contributed by atoms with Gasteiger partial charge in [0, 0.05) is 0 Å². The Morgan fingerprint density at radius 1 is 0.957 bits per heavy atom. The van der Waals surface area contributed by atoms with Gasteiger partial charge in [-0.25, -0.2) is 0 Å². The van der Waals surface area contributed by atoms with Gasteiger partial charge in [-0.15, -0.1) is 0 Å². The zero-order valence-corrected chi connectivity index (χ0v) is 14.9. The van der Waals surface area contributed by atoms with Crippen molar-refractivity contribution in [2.45, 2.75) is 53.5 Å². The third-order valence-corrected chi connectivity index (χ3v) is 4.52. The smallest absolute Gasteiger partial charge is 0.224 e. The van der Waals surface area contributed by atoms with Crippen LogP contribution in [0.25, 0.3) is 0 Å². The summed E-state index contributed by atoms with van der Waals surface area (Å²) in [5, 5.41) is 3.12. The zero-order chi connectivity index (χ0) is 17.0. The number of carbonyl (C=O) groups is 1. The van der Waals surface area contributed by atoms with Crippen molar-refractivity contribution in [3.63, 3.8) is 0 Å². The fourth-order valence-corrected chi connectivity index (χ4v) is 2.90. The molecule has 0 saturated heterocycles. The molecule has 23 heavy (non-hydrogen) atoms. The number of hydrogen-bond donors (Lipinski definition) is 1. The molecule has 0 unspecified atom stereocenters. The summed E-state index contributed by atoms with van der Waals surface area (Å²) >= 11 is 0. The van der Waals surface area contributed by atoms with E-state index in [1.807, 2.05) is 12.1 Å². The molecule has 2 rings (SSSR count). The maximum atomic E-state index is 12.3. The number of benzene rings is 2. The summed E-state index contributed by atoms with van der Waals surface area (Å²) in [7, 11) is 0. The van der Waals surface area contributed by atoms with Crippen LogP contribution in [0.5, 0.6) is 0 Å². The van der Waals surface area contributed by atoms with Gasteiger partial charge in [0.2, 0.25) is 5.91 Å². The molecule has 2 heteroatoms. The lowest BCUT2D eigenvalue weighted by molar-refractivity contribution is -0.121. The van der Waals surface area contributed by atoms with Crippen molar-refractivity contribution in [1.29, 1.82) is 0 Å². The predicted octanol–water partition coefficient (Wildman–Crippen LogP) is 4.59. The predicted molar refractivity (Wildman–Crippen MR) is 96.7 cm³/mol. The van der Waals surface area contributed by atoms with Gasteiger partial charge in [-0.3, -0.25) is 4.79 Å². The molecule has 1 N–H and O–H groups in total. The van der Waals surface area contributed by atoms with Crippen LogP contribution in [-0.4, -0.2) is 5.91 Å². The Labute approximate surface area is 139 Å². The topological polar surface area (TPSA) is 29.1 Å². The van der Waals surface area contributed by atoms with Crippen molar-refractivity contribution in [2.75, 3.05) is 0 Å². The van der Waals surface area contributed by atoms with Crippen LogP contribution in [-0.2, 0) is 17.6 Å². The highest BCUT2D eigenvalue weighted by Crippen LogP contribution is 2.21. The zero-order valence-electron chi connectivity index (χ0n) is 14.9. The summed E-state index contributed by atoms with van der Waals surface area (Å²) < 4.78 is 0. The summed E-state index contributed by atoms with van der Waals surface area (Å²) in [5.41, 5.74) is 7.34. The van der Waals surface area contributed by atoms with Gasteiger partial charge < -0.3 is 5.32 Å². The standard InChI is InChI=1S/C21H27NO/c1-6-18-7-9-19(10-8-18)13-21(23)22-17(5)20-12-15(3)14(2)11-16(20)4/h7-12,17H,6,13H2,1-5H3,(H,22,23)/t17-/m1/s1. The molecule has 2 aromatic carbocycles. The van der Waals surface area contributed by atoms with Gasteiger partial charge in [-0.2, -0.15) is 0 Å². The summed E-state index contributed by atoms with van der Waals surface area (Å²) in [6, 6.07) is 12.7. The molecular weight excluding hydrogens is 282 g/mol. The summed E-state index contributed by atoms with van der Waals surface area (Å²) in [4.78, 5) is 12.3. The minimum atomic E-state index is 0.0247. The molecule has 1 amide bonds. The molecule has 0 bridgehead atoms. The van der Waals surface area contributed by atoms with Crippen molar-refractivity contribution in [3.05, 3.63) is 69.8 Å². The van der Waals surface area contributed by atoms with Gasteiger partial charge in [0.25, 0.3) is 0 Å². The normalized spacial score (nSPS) is 12.0. The van der Waals surface area contributed by atoms with Crippen LogP contribution in [0.15, 0.2) is 36.4 Å². The lowest BCUT2D eigenvalue weighted by Gasteiger charge is -2.18. The molecule has 0 spiro atoms. The Morgan fingerprint density at radius 2 is 1.52 bits per heavy atom. The first-order valence-corrected chi connectivity index (χ1v) is 8.35. The van der Waals surface area contributed by atoms with E-state index in [1.165, 1.54) is 27.8 Å². The molecule has 2 nitrogen and oxygen atoms in total. The molecule has 0 aliphatic heterocycles. The van der Waals surface area contributed by atoms with E-state index in [1.54, 1.807) is 0 Å². The van der Waals surface area contributed by atoms with Gasteiger partial charge in [0.05, 0.1) is 12.5 Å². The fraction of sp³-hybridized carbons (Fsp3) is 0.381. The highest BCUT2D eigenvalue weighted by molar-refractivity contribution is 5.79. The van der Waals surface area contributed by atoms with Crippen molar-refractivity contribution in [1.82, 2.24) is 5.32 Å². The fourth-order valence-electron chi connectivity index (χ4n) is 2.90. The Balaban J connectivity index is 2.03. The van der Waals surface area contributed by atoms with Crippen LogP contribution in [0.4, 0.5) is 0 Å². The van der Waals surface area contributed by atoms with E-state index in [9.17, 15) is 4.79 Å². The Morgan fingerprint density at radius 3 is 2.13 bits per heavy atom. The molecule has 122 valence electrons. The SMILES string of the molecule is CCc1ccc(CC(=O)N[C@H](C)c2cc(C)c(C)cc2C)cc1. The van der Waals surface area contributed by atoms with E-state index in [-0.39, 0.29) is 11.9 Å². The van der Waals surface area contributed by atoms with Gasteiger partial charge >= 0.3 is 0 Å². The van der Waals surface area contributed by atoms with Crippen LogP contribution in [0.1, 0.15) is 53.3 Å². The van der Waals surface area contributed by atoms with Crippen molar-refractivity contribution < 1.29 is 4.79 Å². The van der Waals surface area contributed by atoms with E-state index in [2.05, 4.69) is 64.2 Å². The number of carbonyl (C=O) groups excluding carboxylic acids is 1. The number of rotatable bonds is 5. The number of aryl methyl sites for hydroxylation is 4. The first-order valence-electron chi connectivity index (χ1n) is 8.35.